The van der Waals surface area contributed by atoms with Gasteiger partial charge in [-0.25, -0.2) is 4.79 Å². The minimum atomic E-state index is -0.225. The summed E-state index contributed by atoms with van der Waals surface area (Å²) in [7, 11) is 0. The lowest BCUT2D eigenvalue weighted by atomic mass is 10.0. The number of nitrogens with zero attached hydrogens (tertiary/aromatic N) is 1. The van der Waals surface area contributed by atoms with Crippen LogP contribution in [-0.2, 0) is 13.1 Å². The summed E-state index contributed by atoms with van der Waals surface area (Å²) in [6, 6.07) is 8.52. The zero-order chi connectivity index (χ0) is 17.4. The normalized spacial score (nSPS) is 19.7. The summed E-state index contributed by atoms with van der Waals surface area (Å²) in [6.45, 7) is 6.80. The number of aliphatic hydroxyl groups excluding tert-OH is 1. The Labute approximate surface area is 145 Å². The molecule has 134 valence electrons. The lowest BCUT2D eigenvalue weighted by molar-refractivity contribution is 0.152. The van der Waals surface area contributed by atoms with Crippen molar-refractivity contribution in [3.63, 3.8) is 0 Å². The maximum atomic E-state index is 12.0. The molecule has 0 aliphatic carbocycles. The fourth-order valence-corrected chi connectivity index (χ4v) is 3.18. The van der Waals surface area contributed by atoms with Gasteiger partial charge in [-0.1, -0.05) is 37.6 Å². The van der Waals surface area contributed by atoms with Gasteiger partial charge in [-0.2, -0.15) is 0 Å². The second-order valence-corrected chi connectivity index (χ2v) is 6.70. The Balaban J connectivity index is 1.92. The molecule has 0 aromatic heterocycles. The van der Waals surface area contributed by atoms with Crippen LogP contribution >= 0.6 is 0 Å². The van der Waals surface area contributed by atoms with Crippen LogP contribution in [0.2, 0.25) is 0 Å². The van der Waals surface area contributed by atoms with Crippen molar-refractivity contribution in [2.75, 3.05) is 13.2 Å². The third-order valence-corrected chi connectivity index (χ3v) is 4.92. The van der Waals surface area contributed by atoms with Crippen molar-refractivity contribution in [2.45, 2.75) is 64.7 Å². The van der Waals surface area contributed by atoms with E-state index in [4.69, 9.17) is 5.11 Å². The first-order valence-corrected chi connectivity index (χ1v) is 9.10. The van der Waals surface area contributed by atoms with Crippen molar-refractivity contribution < 1.29 is 9.90 Å². The third-order valence-electron chi connectivity index (χ3n) is 4.92. The van der Waals surface area contributed by atoms with Crippen molar-refractivity contribution in [1.29, 1.82) is 0 Å². The molecule has 2 atom stereocenters. The molecule has 1 aromatic rings. The van der Waals surface area contributed by atoms with Crippen LogP contribution < -0.4 is 10.6 Å². The molecule has 1 saturated heterocycles. The van der Waals surface area contributed by atoms with E-state index in [1.54, 1.807) is 0 Å². The Morgan fingerprint density at radius 2 is 2.08 bits per heavy atom. The number of benzene rings is 1. The van der Waals surface area contributed by atoms with Crippen LogP contribution in [0.25, 0.3) is 0 Å². The minimum Gasteiger partial charge on any atom is -0.394 e. The number of amides is 2. The Kier molecular flexibility index (Phi) is 7.53. The predicted octanol–water partition coefficient (Wildman–Crippen LogP) is 2.63. The van der Waals surface area contributed by atoms with Crippen molar-refractivity contribution in [1.82, 2.24) is 15.5 Å². The van der Waals surface area contributed by atoms with E-state index in [1.807, 2.05) is 13.0 Å². The van der Waals surface area contributed by atoms with Crippen LogP contribution in [0.5, 0.6) is 0 Å². The van der Waals surface area contributed by atoms with Crippen molar-refractivity contribution in [3.05, 3.63) is 35.4 Å². The molecule has 5 heteroatoms. The minimum absolute atomic E-state index is 0.0344. The molecule has 1 fully saturated rings. The standard InChI is InChI=1S/C19H31N3O2/c1-3-18(14-23)21-19(24)20-12-16-9-4-5-10-17(16)13-22-11-7-6-8-15(22)2/h4-5,9-10,15,18,23H,3,6-8,11-14H2,1-2H3,(H2,20,21,24). The maximum Gasteiger partial charge on any atom is 0.315 e. The van der Waals surface area contributed by atoms with Crippen LogP contribution in [0.1, 0.15) is 50.7 Å². The molecule has 24 heavy (non-hydrogen) atoms. The SMILES string of the molecule is CCC(CO)NC(=O)NCc1ccccc1CN1CCCCC1C. The highest BCUT2D eigenvalue weighted by Crippen LogP contribution is 2.20. The van der Waals surface area contributed by atoms with Crippen LogP contribution in [0.4, 0.5) is 4.79 Å². The first-order chi connectivity index (χ1) is 11.6. The van der Waals surface area contributed by atoms with Gasteiger partial charge < -0.3 is 15.7 Å². The number of piperidine rings is 1. The molecule has 3 N–H and O–H groups in total. The molecule has 5 nitrogen and oxygen atoms in total. The lowest BCUT2D eigenvalue weighted by Crippen LogP contribution is -2.43. The summed E-state index contributed by atoms with van der Waals surface area (Å²) < 4.78 is 0. The van der Waals surface area contributed by atoms with Crippen molar-refractivity contribution in [3.8, 4) is 0 Å². The summed E-state index contributed by atoms with van der Waals surface area (Å²) >= 11 is 0. The number of rotatable bonds is 7. The quantitative estimate of drug-likeness (QED) is 0.719. The largest absolute Gasteiger partial charge is 0.394 e. The molecule has 0 saturated carbocycles. The molecule has 2 rings (SSSR count). The first-order valence-electron chi connectivity index (χ1n) is 9.10. The van der Waals surface area contributed by atoms with Gasteiger partial charge in [0.2, 0.25) is 0 Å². The molecule has 1 aliphatic rings. The molecular weight excluding hydrogens is 302 g/mol. The van der Waals surface area contributed by atoms with Crippen molar-refractivity contribution in [2.24, 2.45) is 0 Å². The summed E-state index contributed by atoms with van der Waals surface area (Å²) in [4.78, 5) is 14.5. The predicted molar refractivity (Wildman–Crippen MR) is 96.7 cm³/mol. The highest BCUT2D eigenvalue weighted by Gasteiger charge is 2.19. The molecule has 2 unspecified atom stereocenters. The molecule has 0 radical (unpaired) electrons. The zero-order valence-electron chi connectivity index (χ0n) is 14.9. The second-order valence-electron chi connectivity index (χ2n) is 6.70. The average Bonchev–Trinajstić information content (AvgIpc) is 2.61. The van der Waals surface area contributed by atoms with Crippen LogP contribution in [0, 0.1) is 0 Å². The molecule has 1 aromatic carbocycles. The highest BCUT2D eigenvalue weighted by molar-refractivity contribution is 5.74. The van der Waals surface area contributed by atoms with Gasteiger partial charge >= 0.3 is 6.03 Å². The van der Waals surface area contributed by atoms with Crippen LogP contribution in [-0.4, -0.2) is 41.3 Å². The third kappa shape index (κ3) is 5.49. The molecule has 0 spiro atoms. The van der Waals surface area contributed by atoms with Crippen LogP contribution in [0.15, 0.2) is 24.3 Å². The van der Waals surface area contributed by atoms with E-state index in [9.17, 15) is 4.79 Å². The average molecular weight is 333 g/mol. The van der Waals surface area contributed by atoms with E-state index in [2.05, 4.69) is 40.7 Å². The zero-order valence-corrected chi connectivity index (χ0v) is 14.9. The van der Waals surface area contributed by atoms with Gasteiger partial charge in [0.1, 0.15) is 0 Å². The number of hydrogen-bond acceptors (Lipinski definition) is 3. The Bertz CT molecular complexity index is 517. The molecule has 1 aliphatic heterocycles. The van der Waals surface area contributed by atoms with Gasteiger partial charge in [0.05, 0.1) is 12.6 Å². The van der Waals surface area contributed by atoms with Crippen molar-refractivity contribution >= 4 is 6.03 Å². The summed E-state index contributed by atoms with van der Waals surface area (Å²) in [6.07, 6.45) is 4.58. The molecule has 1 heterocycles. The van der Waals surface area contributed by atoms with Gasteiger partial charge in [-0.05, 0) is 43.9 Å². The van der Waals surface area contributed by atoms with E-state index in [-0.39, 0.29) is 18.7 Å². The van der Waals surface area contributed by atoms with E-state index in [1.165, 1.54) is 24.8 Å². The molecular formula is C19H31N3O2. The maximum absolute atomic E-state index is 12.0. The summed E-state index contributed by atoms with van der Waals surface area (Å²) in [5, 5.41) is 14.9. The van der Waals surface area contributed by atoms with Crippen LogP contribution in [0.3, 0.4) is 0 Å². The highest BCUT2D eigenvalue weighted by atomic mass is 16.3. The van der Waals surface area contributed by atoms with E-state index in [0.717, 1.165) is 18.7 Å². The number of likely N-dealkylation sites (tertiary alicyclic amines) is 1. The topological polar surface area (TPSA) is 64.6 Å². The summed E-state index contributed by atoms with van der Waals surface area (Å²) in [5.41, 5.74) is 2.43. The van der Waals surface area contributed by atoms with Gasteiger partial charge in [-0.3, -0.25) is 4.90 Å². The van der Waals surface area contributed by atoms with E-state index in [0.29, 0.717) is 19.0 Å². The fraction of sp³-hybridized carbons (Fsp3) is 0.632. The number of hydrogen-bond donors (Lipinski definition) is 3. The fourth-order valence-electron chi connectivity index (χ4n) is 3.18. The number of carbonyl (C=O) groups excluding carboxylic acids is 1. The number of aliphatic hydroxyl groups is 1. The number of carbonyl (C=O) groups is 1. The Morgan fingerprint density at radius 1 is 1.33 bits per heavy atom. The molecule has 0 bridgehead atoms. The lowest BCUT2D eigenvalue weighted by Gasteiger charge is -2.33. The van der Waals surface area contributed by atoms with Gasteiger partial charge in [0, 0.05) is 19.1 Å². The van der Waals surface area contributed by atoms with Gasteiger partial charge in [0.15, 0.2) is 0 Å². The van der Waals surface area contributed by atoms with E-state index >= 15 is 0 Å². The first kappa shape index (κ1) is 18.7. The van der Waals surface area contributed by atoms with E-state index < -0.39 is 0 Å². The van der Waals surface area contributed by atoms with Gasteiger partial charge in [-0.15, -0.1) is 0 Å². The Morgan fingerprint density at radius 3 is 2.75 bits per heavy atom. The molecule has 2 amide bonds. The summed E-state index contributed by atoms with van der Waals surface area (Å²) in [5.74, 6) is 0. The Hall–Kier alpha value is -1.59. The van der Waals surface area contributed by atoms with Gasteiger partial charge in [0.25, 0.3) is 0 Å². The monoisotopic (exact) mass is 333 g/mol. The second kappa shape index (κ2) is 9.64. The smallest absolute Gasteiger partial charge is 0.315 e. The number of nitrogens with one attached hydrogen (secondary N) is 2. The number of urea groups is 1.